The van der Waals surface area contributed by atoms with Crippen LogP contribution in [0.2, 0.25) is 0 Å². The minimum Gasteiger partial charge on any atom is -0.466 e. The van der Waals surface area contributed by atoms with Crippen LogP contribution >= 0.6 is 0 Å². The van der Waals surface area contributed by atoms with Gasteiger partial charge in [0.2, 0.25) is 0 Å². The van der Waals surface area contributed by atoms with Crippen LogP contribution in [0.15, 0.2) is 0 Å². The van der Waals surface area contributed by atoms with Crippen molar-refractivity contribution in [2.75, 3.05) is 6.61 Å². The van der Waals surface area contributed by atoms with Gasteiger partial charge in [-0.15, -0.1) is 0 Å². The van der Waals surface area contributed by atoms with E-state index in [2.05, 4.69) is 6.92 Å². The molecule has 84 valence electrons. The topological polar surface area (TPSA) is 26.3 Å². The van der Waals surface area contributed by atoms with Crippen molar-refractivity contribution in [2.45, 2.75) is 59.3 Å². The minimum atomic E-state index is -0.0389. The van der Waals surface area contributed by atoms with Crippen LogP contribution in [-0.2, 0) is 9.53 Å². The Bertz CT molecular complexity index is 143. The standard InChI is InChI=1S/C12H24O2/c1-4-6-7-8-9-10-11(3)12(13)14-5-2/h11H,4-10H2,1-3H3/t11-/m1/s1. The Hall–Kier alpha value is -0.530. The molecule has 0 aliphatic heterocycles. The van der Waals surface area contributed by atoms with E-state index < -0.39 is 0 Å². The van der Waals surface area contributed by atoms with Crippen LogP contribution in [0, 0.1) is 5.92 Å². The molecule has 1 atom stereocenters. The third-order valence-electron chi connectivity index (χ3n) is 2.43. The van der Waals surface area contributed by atoms with E-state index in [9.17, 15) is 4.79 Å². The van der Waals surface area contributed by atoms with E-state index in [1.807, 2.05) is 13.8 Å². The number of carbonyl (C=O) groups is 1. The van der Waals surface area contributed by atoms with Gasteiger partial charge < -0.3 is 4.74 Å². The van der Waals surface area contributed by atoms with Gasteiger partial charge in [0.1, 0.15) is 0 Å². The highest BCUT2D eigenvalue weighted by atomic mass is 16.5. The summed E-state index contributed by atoms with van der Waals surface area (Å²) in [6.45, 7) is 6.52. The van der Waals surface area contributed by atoms with Crippen molar-refractivity contribution in [1.82, 2.24) is 0 Å². The molecular formula is C12H24O2. The maximum absolute atomic E-state index is 11.2. The molecule has 0 amide bonds. The van der Waals surface area contributed by atoms with Gasteiger partial charge in [0.05, 0.1) is 12.5 Å². The molecule has 0 bridgehead atoms. The fourth-order valence-electron chi connectivity index (χ4n) is 1.46. The second kappa shape index (κ2) is 9.04. The highest BCUT2D eigenvalue weighted by Gasteiger charge is 2.12. The monoisotopic (exact) mass is 200 g/mol. The van der Waals surface area contributed by atoms with Gasteiger partial charge in [-0.3, -0.25) is 4.79 Å². The van der Waals surface area contributed by atoms with Gasteiger partial charge in [-0.25, -0.2) is 0 Å². The number of carbonyl (C=O) groups excluding carboxylic acids is 1. The van der Waals surface area contributed by atoms with Crippen LogP contribution < -0.4 is 0 Å². The average molecular weight is 200 g/mol. The summed E-state index contributed by atoms with van der Waals surface area (Å²) < 4.78 is 4.94. The molecule has 2 heteroatoms. The maximum atomic E-state index is 11.2. The van der Waals surface area contributed by atoms with Crippen molar-refractivity contribution in [1.29, 1.82) is 0 Å². The molecule has 0 radical (unpaired) electrons. The lowest BCUT2D eigenvalue weighted by Crippen LogP contribution is -2.14. The molecule has 0 unspecified atom stereocenters. The predicted octanol–water partition coefficient (Wildman–Crippen LogP) is 3.55. The molecule has 0 aromatic heterocycles. The molecule has 0 aromatic rings. The Morgan fingerprint density at radius 1 is 1.14 bits per heavy atom. The van der Waals surface area contributed by atoms with E-state index in [0.717, 1.165) is 12.8 Å². The molecule has 0 saturated heterocycles. The summed E-state index contributed by atoms with van der Waals surface area (Å²) in [4.78, 5) is 11.2. The van der Waals surface area contributed by atoms with E-state index in [0.29, 0.717) is 6.61 Å². The third-order valence-corrected chi connectivity index (χ3v) is 2.43. The first-order chi connectivity index (χ1) is 6.72. The van der Waals surface area contributed by atoms with Crippen molar-refractivity contribution in [3.05, 3.63) is 0 Å². The molecular weight excluding hydrogens is 176 g/mol. The first-order valence-electron chi connectivity index (χ1n) is 5.89. The van der Waals surface area contributed by atoms with E-state index in [4.69, 9.17) is 4.74 Å². The molecule has 0 rings (SSSR count). The van der Waals surface area contributed by atoms with E-state index in [-0.39, 0.29) is 11.9 Å². The van der Waals surface area contributed by atoms with Crippen molar-refractivity contribution in [3.8, 4) is 0 Å². The molecule has 0 heterocycles. The van der Waals surface area contributed by atoms with Crippen LogP contribution in [-0.4, -0.2) is 12.6 Å². The number of hydrogen-bond donors (Lipinski definition) is 0. The summed E-state index contributed by atoms with van der Waals surface area (Å²) in [6.07, 6.45) is 7.26. The normalized spacial score (nSPS) is 12.5. The number of hydrogen-bond acceptors (Lipinski definition) is 2. The molecule has 0 spiro atoms. The predicted molar refractivity (Wildman–Crippen MR) is 59.2 cm³/mol. The second-order valence-electron chi connectivity index (χ2n) is 3.86. The number of esters is 1. The lowest BCUT2D eigenvalue weighted by molar-refractivity contribution is -0.147. The van der Waals surface area contributed by atoms with Crippen LogP contribution in [0.4, 0.5) is 0 Å². The Labute approximate surface area is 88.0 Å². The molecule has 0 aliphatic carbocycles. The van der Waals surface area contributed by atoms with Crippen molar-refractivity contribution < 1.29 is 9.53 Å². The van der Waals surface area contributed by atoms with Crippen LogP contribution in [0.1, 0.15) is 59.3 Å². The van der Waals surface area contributed by atoms with Gasteiger partial charge in [0, 0.05) is 0 Å². The summed E-state index contributed by atoms with van der Waals surface area (Å²) in [5.74, 6) is 0.0413. The fourth-order valence-corrected chi connectivity index (χ4v) is 1.46. The smallest absolute Gasteiger partial charge is 0.308 e. The number of rotatable bonds is 8. The zero-order chi connectivity index (χ0) is 10.8. The maximum Gasteiger partial charge on any atom is 0.308 e. The Morgan fingerprint density at radius 3 is 2.36 bits per heavy atom. The van der Waals surface area contributed by atoms with Gasteiger partial charge in [-0.05, 0) is 13.3 Å². The van der Waals surface area contributed by atoms with Crippen molar-refractivity contribution in [3.63, 3.8) is 0 Å². The molecule has 0 N–H and O–H groups in total. The van der Waals surface area contributed by atoms with Gasteiger partial charge in [0.25, 0.3) is 0 Å². The summed E-state index contributed by atoms with van der Waals surface area (Å²) in [5, 5.41) is 0. The quantitative estimate of drug-likeness (QED) is 0.442. The van der Waals surface area contributed by atoms with Crippen LogP contribution in [0.5, 0.6) is 0 Å². The van der Waals surface area contributed by atoms with Crippen molar-refractivity contribution >= 4 is 5.97 Å². The molecule has 0 aromatic carbocycles. The summed E-state index contributed by atoms with van der Waals surface area (Å²) in [5.41, 5.74) is 0. The number of ether oxygens (including phenoxy) is 1. The van der Waals surface area contributed by atoms with Crippen LogP contribution in [0.3, 0.4) is 0 Å². The van der Waals surface area contributed by atoms with Gasteiger partial charge in [-0.2, -0.15) is 0 Å². The SMILES string of the molecule is CCCCCCC[C@@H](C)C(=O)OCC. The Morgan fingerprint density at radius 2 is 1.79 bits per heavy atom. The van der Waals surface area contributed by atoms with E-state index >= 15 is 0 Å². The highest BCUT2D eigenvalue weighted by Crippen LogP contribution is 2.12. The summed E-state index contributed by atoms with van der Waals surface area (Å²) in [6, 6.07) is 0. The molecule has 0 fully saturated rings. The first-order valence-corrected chi connectivity index (χ1v) is 5.89. The Balaban J connectivity index is 3.34. The number of unbranched alkanes of at least 4 members (excludes halogenated alkanes) is 4. The summed E-state index contributed by atoms with van der Waals surface area (Å²) >= 11 is 0. The Kier molecular flexibility index (Phi) is 8.70. The zero-order valence-electron chi connectivity index (χ0n) is 9.84. The van der Waals surface area contributed by atoms with Crippen LogP contribution in [0.25, 0.3) is 0 Å². The van der Waals surface area contributed by atoms with Gasteiger partial charge in [0.15, 0.2) is 0 Å². The lowest BCUT2D eigenvalue weighted by atomic mass is 10.0. The second-order valence-corrected chi connectivity index (χ2v) is 3.86. The fraction of sp³-hybridized carbons (Fsp3) is 0.917. The summed E-state index contributed by atoms with van der Waals surface area (Å²) in [7, 11) is 0. The molecule has 2 nitrogen and oxygen atoms in total. The molecule has 0 saturated carbocycles. The van der Waals surface area contributed by atoms with Gasteiger partial charge >= 0.3 is 5.97 Å². The zero-order valence-corrected chi connectivity index (χ0v) is 9.84. The van der Waals surface area contributed by atoms with E-state index in [1.165, 1.54) is 25.7 Å². The molecule has 14 heavy (non-hydrogen) atoms. The lowest BCUT2D eigenvalue weighted by Gasteiger charge is -2.09. The third kappa shape index (κ3) is 6.93. The highest BCUT2D eigenvalue weighted by molar-refractivity contribution is 5.71. The minimum absolute atomic E-state index is 0.0389. The van der Waals surface area contributed by atoms with Gasteiger partial charge in [-0.1, -0.05) is 46.0 Å². The average Bonchev–Trinajstić information content (AvgIpc) is 2.17. The first kappa shape index (κ1) is 13.5. The molecule has 0 aliphatic rings. The van der Waals surface area contributed by atoms with Crippen molar-refractivity contribution in [2.24, 2.45) is 5.92 Å². The van der Waals surface area contributed by atoms with E-state index in [1.54, 1.807) is 0 Å². The largest absolute Gasteiger partial charge is 0.466 e.